The second-order valence-corrected chi connectivity index (χ2v) is 8.64. The van der Waals surface area contributed by atoms with Crippen molar-refractivity contribution in [1.82, 2.24) is 9.80 Å². The molecule has 11 nitrogen and oxygen atoms in total. The molecule has 1 fully saturated rings. The summed E-state index contributed by atoms with van der Waals surface area (Å²) in [6.45, 7) is 4.71. The number of benzene rings is 2. The number of rotatable bonds is 11. The van der Waals surface area contributed by atoms with Gasteiger partial charge in [-0.05, 0) is 31.2 Å². The van der Waals surface area contributed by atoms with Gasteiger partial charge in [0.15, 0.2) is 23.0 Å². The van der Waals surface area contributed by atoms with E-state index in [1.54, 1.807) is 29.2 Å². The molecule has 0 bridgehead atoms. The Morgan fingerprint density at radius 3 is 1.49 bits per heavy atom. The summed E-state index contributed by atoms with van der Waals surface area (Å²) >= 11 is 0. The molecule has 0 aliphatic carbocycles. The van der Waals surface area contributed by atoms with Gasteiger partial charge in [0.2, 0.25) is 11.5 Å². The maximum Gasteiger partial charge on any atom is 0.338 e. The van der Waals surface area contributed by atoms with Crippen LogP contribution in [0.15, 0.2) is 24.3 Å². The van der Waals surface area contributed by atoms with Crippen LogP contribution in [0.2, 0.25) is 0 Å². The Kier molecular flexibility index (Phi) is 11.8. The van der Waals surface area contributed by atoms with Crippen LogP contribution in [0.3, 0.4) is 0 Å². The summed E-state index contributed by atoms with van der Waals surface area (Å²) < 4.78 is 37.7. The number of carbonyl (C=O) groups is 2. The van der Waals surface area contributed by atoms with E-state index in [9.17, 15) is 9.59 Å². The van der Waals surface area contributed by atoms with Gasteiger partial charge in [-0.1, -0.05) is 0 Å². The van der Waals surface area contributed by atoms with E-state index < -0.39 is 5.97 Å². The van der Waals surface area contributed by atoms with E-state index in [1.165, 1.54) is 42.7 Å². The van der Waals surface area contributed by atoms with Gasteiger partial charge in [0.1, 0.15) is 6.10 Å². The fourth-order valence-corrected chi connectivity index (χ4v) is 4.37. The molecular weight excluding hydrogens is 532 g/mol. The van der Waals surface area contributed by atoms with Crippen molar-refractivity contribution >= 4 is 24.3 Å². The zero-order valence-corrected chi connectivity index (χ0v) is 24.2. The largest absolute Gasteiger partial charge is 0.493 e. The van der Waals surface area contributed by atoms with Crippen LogP contribution in [-0.4, -0.2) is 103 Å². The number of halogens is 1. The normalized spacial score (nSPS) is 14.0. The minimum atomic E-state index is -0.493. The van der Waals surface area contributed by atoms with Crippen molar-refractivity contribution < 1.29 is 42.7 Å². The Hall–Kier alpha value is -3.57. The van der Waals surface area contributed by atoms with Gasteiger partial charge in [-0.2, -0.15) is 0 Å². The molecule has 0 N–H and O–H groups in total. The van der Waals surface area contributed by atoms with E-state index in [1.807, 2.05) is 6.92 Å². The molecule has 1 unspecified atom stereocenters. The number of nitrogens with zero attached hydrogens (tertiary/aromatic N) is 2. The molecule has 1 atom stereocenters. The molecule has 0 radical (unpaired) electrons. The predicted molar refractivity (Wildman–Crippen MR) is 147 cm³/mol. The number of carbonyl (C=O) groups excluding carboxylic acids is 2. The van der Waals surface area contributed by atoms with Crippen LogP contribution in [0.1, 0.15) is 27.6 Å². The standard InChI is InChI=1S/C27H36N2O9.ClH/c1-17(38-27(31)19-14-22(34-4)25(37-7)23(15-19)35-5)16-28-8-10-29(11-9-28)26(30)18-12-20(32-2)24(36-6)21(13-18)33-3;/h12-15,17H,8-11,16H2,1-7H3;1H. The Morgan fingerprint density at radius 2 is 1.10 bits per heavy atom. The van der Waals surface area contributed by atoms with Crippen molar-refractivity contribution in [3.8, 4) is 34.5 Å². The highest BCUT2D eigenvalue weighted by molar-refractivity contribution is 5.95. The molecule has 2 aromatic rings. The second-order valence-electron chi connectivity index (χ2n) is 8.64. The molecular formula is C27H37ClN2O9. The molecule has 1 amide bonds. The number of methoxy groups -OCH3 is 6. The highest BCUT2D eigenvalue weighted by Gasteiger charge is 2.26. The second kappa shape index (κ2) is 14.5. The van der Waals surface area contributed by atoms with Gasteiger partial charge >= 0.3 is 5.97 Å². The van der Waals surface area contributed by atoms with Gasteiger partial charge < -0.3 is 38.1 Å². The minimum Gasteiger partial charge on any atom is -0.493 e. The Labute approximate surface area is 235 Å². The molecule has 1 aliphatic heterocycles. The summed E-state index contributed by atoms with van der Waals surface area (Å²) in [5.74, 6) is 1.83. The van der Waals surface area contributed by atoms with E-state index >= 15 is 0 Å². The van der Waals surface area contributed by atoms with Gasteiger partial charge in [-0.25, -0.2) is 4.79 Å². The number of hydrogen-bond acceptors (Lipinski definition) is 10. The lowest BCUT2D eigenvalue weighted by atomic mass is 10.1. The van der Waals surface area contributed by atoms with Crippen molar-refractivity contribution in [1.29, 1.82) is 0 Å². The molecule has 1 saturated heterocycles. The summed E-state index contributed by atoms with van der Waals surface area (Å²) in [5, 5.41) is 0. The quantitative estimate of drug-likeness (QED) is 0.375. The lowest BCUT2D eigenvalue weighted by molar-refractivity contribution is 0.0196. The van der Waals surface area contributed by atoms with Crippen molar-refractivity contribution in [3.63, 3.8) is 0 Å². The maximum atomic E-state index is 13.2. The van der Waals surface area contributed by atoms with Gasteiger partial charge in [0, 0.05) is 38.3 Å². The van der Waals surface area contributed by atoms with Gasteiger partial charge in [0.25, 0.3) is 5.91 Å². The van der Waals surface area contributed by atoms with Crippen LogP contribution in [0, 0.1) is 0 Å². The summed E-state index contributed by atoms with van der Waals surface area (Å²) in [6.07, 6.45) is -0.376. The molecule has 39 heavy (non-hydrogen) atoms. The van der Waals surface area contributed by atoms with Crippen LogP contribution in [0.5, 0.6) is 34.5 Å². The summed E-state index contributed by atoms with van der Waals surface area (Å²) in [6, 6.07) is 6.43. The van der Waals surface area contributed by atoms with Crippen molar-refractivity contribution in [2.45, 2.75) is 13.0 Å². The SMILES string of the molecule is COc1cc(C(=O)OC(C)CN2CCN(C(=O)c3cc(OC)c(OC)c(OC)c3)CC2)cc(OC)c1OC.Cl. The number of hydrogen-bond donors (Lipinski definition) is 0. The molecule has 216 valence electrons. The summed E-state index contributed by atoms with van der Waals surface area (Å²) in [7, 11) is 9.02. The predicted octanol–water partition coefficient (Wildman–Crippen LogP) is 3.16. The first kappa shape index (κ1) is 31.6. The molecule has 0 saturated carbocycles. The average Bonchev–Trinajstić information content (AvgIpc) is 2.95. The zero-order chi connectivity index (χ0) is 27.8. The van der Waals surface area contributed by atoms with E-state index in [-0.39, 0.29) is 24.4 Å². The molecule has 1 aliphatic rings. The Bertz CT molecular complexity index is 1090. The van der Waals surface area contributed by atoms with Crippen LogP contribution >= 0.6 is 12.4 Å². The molecule has 0 aromatic heterocycles. The first-order chi connectivity index (χ1) is 18.3. The molecule has 12 heteroatoms. The lowest BCUT2D eigenvalue weighted by Crippen LogP contribution is -2.50. The van der Waals surface area contributed by atoms with Crippen molar-refractivity contribution in [2.24, 2.45) is 0 Å². The van der Waals surface area contributed by atoms with E-state index in [0.29, 0.717) is 78.3 Å². The third-order valence-corrected chi connectivity index (χ3v) is 6.30. The van der Waals surface area contributed by atoms with Crippen LogP contribution < -0.4 is 28.4 Å². The first-order valence-corrected chi connectivity index (χ1v) is 12.1. The van der Waals surface area contributed by atoms with Gasteiger partial charge in [-0.3, -0.25) is 9.69 Å². The van der Waals surface area contributed by atoms with E-state index in [4.69, 9.17) is 33.2 Å². The highest BCUT2D eigenvalue weighted by atomic mass is 35.5. The number of piperazine rings is 1. The minimum absolute atomic E-state index is 0. The Balaban J connectivity index is 0.00000533. The average molecular weight is 569 g/mol. The number of amides is 1. The summed E-state index contributed by atoms with van der Waals surface area (Å²) in [5.41, 5.74) is 0.757. The van der Waals surface area contributed by atoms with Crippen LogP contribution in [0.4, 0.5) is 0 Å². The highest BCUT2D eigenvalue weighted by Crippen LogP contribution is 2.39. The smallest absolute Gasteiger partial charge is 0.338 e. The molecule has 0 spiro atoms. The van der Waals surface area contributed by atoms with E-state index in [2.05, 4.69) is 4.90 Å². The zero-order valence-electron chi connectivity index (χ0n) is 23.4. The molecule has 1 heterocycles. The lowest BCUT2D eigenvalue weighted by Gasteiger charge is -2.35. The van der Waals surface area contributed by atoms with E-state index in [0.717, 1.165) is 0 Å². The van der Waals surface area contributed by atoms with Crippen molar-refractivity contribution in [2.75, 3.05) is 75.4 Å². The van der Waals surface area contributed by atoms with Gasteiger partial charge in [0.05, 0.1) is 48.2 Å². The third-order valence-electron chi connectivity index (χ3n) is 6.30. The molecule has 2 aromatic carbocycles. The van der Waals surface area contributed by atoms with Crippen molar-refractivity contribution in [3.05, 3.63) is 35.4 Å². The third kappa shape index (κ3) is 7.30. The molecule has 3 rings (SSSR count). The topological polar surface area (TPSA) is 105 Å². The number of ether oxygens (including phenoxy) is 7. The Morgan fingerprint density at radius 1 is 0.692 bits per heavy atom. The number of esters is 1. The maximum absolute atomic E-state index is 13.2. The van der Waals surface area contributed by atoms with Crippen LogP contribution in [0.25, 0.3) is 0 Å². The fourth-order valence-electron chi connectivity index (χ4n) is 4.37. The first-order valence-electron chi connectivity index (χ1n) is 12.1. The van der Waals surface area contributed by atoms with Gasteiger partial charge in [-0.15, -0.1) is 12.4 Å². The monoisotopic (exact) mass is 568 g/mol. The van der Waals surface area contributed by atoms with Crippen LogP contribution in [-0.2, 0) is 4.74 Å². The fraction of sp³-hybridized carbons (Fsp3) is 0.481. The summed E-state index contributed by atoms with van der Waals surface area (Å²) in [4.78, 5) is 29.9.